The van der Waals surface area contributed by atoms with Crippen molar-refractivity contribution in [3.63, 3.8) is 0 Å². The monoisotopic (exact) mass is 439 g/mol. The number of hydrogen-bond donors (Lipinski definition) is 2. The van der Waals surface area contributed by atoms with Gasteiger partial charge in [0, 0.05) is 37.0 Å². The predicted octanol–water partition coefficient (Wildman–Crippen LogP) is 1.94. The van der Waals surface area contributed by atoms with Gasteiger partial charge in [-0.05, 0) is 43.5 Å². The number of nitrogens with one attached hydrogen (secondary N) is 1. The Hall–Kier alpha value is -3.75. The number of fused-ring (bicyclic) bond motifs is 3. The van der Waals surface area contributed by atoms with Crippen LogP contribution in [-0.2, 0) is 19.5 Å². The summed E-state index contributed by atoms with van der Waals surface area (Å²) in [5.41, 5.74) is 9.80. The molecule has 9 nitrogen and oxygen atoms in total. The van der Waals surface area contributed by atoms with Gasteiger partial charge < -0.3 is 20.5 Å². The molecule has 9 heteroatoms. The van der Waals surface area contributed by atoms with Crippen LogP contribution in [0.15, 0.2) is 51.9 Å². The predicted molar refractivity (Wildman–Crippen MR) is 123 cm³/mol. The van der Waals surface area contributed by atoms with Crippen molar-refractivity contribution >= 4 is 6.03 Å². The molecule has 2 amide bonds. The number of allylic oxidation sites excluding steroid dienone is 3. The second-order valence-corrected chi connectivity index (χ2v) is 7.46. The van der Waals surface area contributed by atoms with E-state index in [0.29, 0.717) is 30.0 Å². The molecule has 3 rings (SSSR count). The average molecular weight is 440 g/mol. The molecule has 32 heavy (non-hydrogen) atoms. The number of carbonyl (C=O) groups is 1. The number of benzene rings is 1. The zero-order valence-electron chi connectivity index (χ0n) is 18.9. The number of rotatable bonds is 7. The summed E-state index contributed by atoms with van der Waals surface area (Å²) in [7, 11) is 3.18. The molecule has 0 atom stereocenters. The summed E-state index contributed by atoms with van der Waals surface area (Å²) in [5.74, 6) is 1.24. The van der Waals surface area contributed by atoms with Gasteiger partial charge in [-0.2, -0.15) is 0 Å². The van der Waals surface area contributed by atoms with Crippen LogP contribution in [0.25, 0.3) is 11.3 Å². The Balaban J connectivity index is 2.27. The minimum Gasteiger partial charge on any atom is -0.493 e. The molecule has 3 N–H and O–H groups in total. The number of nitrogens with zero attached hydrogens (tertiary/aromatic N) is 3. The smallest absolute Gasteiger partial charge is 0.330 e. The van der Waals surface area contributed by atoms with E-state index in [1.165, 1.54) is 0 Å². The van der Waals surface area contributed by atoms with Crippen LogP contribution in [0.3, 0.4) is 0 Å². The largest absolute Gasteiger partial charge is 0.493 e. The Morgan fingerprint density at radius 3 is 2.56 bits per heavy atom. The summed E-state index contributed by atoms with van der Waals surface area (Å²) >= 11 is 0. The van der Waals surface area contributed by atoms with E-state index in [2.05, 4.69) is 11.9 Å². The molecule has 1 aliphatic heterocycles. The highest BCUT2D eigenvalue weighted by molar-refractivity contribution is 5.71. The van der Waals surface area contributed by atoms with E-state index in [9.17, 15) is 9.59 Å². The molecule has 2 heterocycles. The number of amides is 2. The number of aryl methyl sites for hydroxylation is 1. The minimum atomic E-state index is -0.643. The molecule has 0 bridgehead atoms. The summed E-state index contributed by atoms with van der Waals surface area (Å²) in [6, 6.07) is 5.08. The molecule has 0 radical (unpaired) electrons. The fourth-order valence-electron chi connectivity index (χ4n) is 3.66. The van der Waals surface area contributed by atoms with E-state index >= 15 is 0 Å². The van der Waals surface area contributed by atoms with Crippen LogP contribution < -0.4 is 31.7 Å². The van der Waals surface area contributed by atoms with Gasteiger partial charge in [-0.15, -0.1) is 0 Å². The number of hydrogen-bond acceptors (Lipinski definition) is 5. The van der Waals surface area contributed by atoms with Gasteiger partial charge in [0.1, 0.15) is 5.49 Å². The molecule has 170 valence electrons. The zero-order valence-corrected chi connectivity index (χ0v) is 18.9. The highest BCUT2D eigenvalue weighted by atomic mass is 16.5. The first kappa shape index (κ1) is 22.9. The molecule has 0 fully saturated rings. The van der Waals surface area contributed by atoms with Crippen molar-refractivity contribution in [2.45, 2.75) is 33.4 Å². The highest BCUT2D eigenvalue weighted by Crippen LogP contribution is 2.37. The SMILES string of the molecule is C=C/C(C)=C(\C)N=c1cc2n(c(=O)n1CCNC(N)=O)CCc1cc(OC)c(OC)cc1-2. The van der Waals surface area contributed by atoms with Crippen molar-refractivity contribution in [3.8, 4) is 22.8 Å². The molecule has 0 spiro atoms. The summed E-state index contributed by atoms with van der Waals surface area (Å²) in [5, 5.41) is 2.53. The first-order valence-corrected chi connectivity index (χ1v) is 10.3. The van der Waals surface area contributed by atoms with E-state index in [1.54, 1.807) is 29.4 Å². The lowest BCUT2D eigenvalue weighted by molar-refractivity contribution is 0.248. The van der Waals surface area contributed by atoms with Crippen molar-refractivity contribution < 1.29 is 14.3 Å². The fourth-order valence-corrected chi connectivity index (χ4v) is 3.66. The highest BCUT2D eigenvalue weighted by Gasteiger charge is 2.22. The van der Waals surface area contributed by atoms with Crippen LogP contribution in [0.1, 0.15) is 19.4 Å². The number of methoxy groups -OCH3 is 2. The van der Waals surface area contributed by atoms with Crippen molar-refractivity contribution in [1.82, 2.24) is 14.5 Å². The average Bonchev–Trinajstić information content (AvgIpc) is 2.78. The Morgan fingerprint density at radius 1 is 1.25 bits per heavy atom. The second-order valence-electron chi connectivity index (χ2n) is 7.46. The lowest BCUT2D eigenvalue weighted by atomic mass is 9.97. The van der Waals surface area contributed by atoms with Crippen LogP contribution >= 0.6 is 0 Å². The summed E-state index contributed by atoms with van der Waals surface area (Å²) < 4.78 is 14.2. The van der Waals surface area contributed by atoms with Crippen LogP contribution in [0.4, 0.5) is 4.79 Å². The summed E-state index contributed by atoms with van der Waals surface area (Å²) in [6.07, 6.45) is 2.39. The Kier molecular flexibility index (Phi) is 6.87. The Morgan fingerprint density at radius 2 is 1.94 bits per heavy atom. The number of nitrogens with two attached hydrogens (primary N) is 1. The lowest BCUT2D eigenvalue weighted by Gasteiger charge is -2.24. The van der Waals surface area contributed by atoms with Gasteiger partial charge in [0.05, 0.1) is 19.9 Å². The molecule has 1 aromatic heterocycles. The Labute approximate surface area is 186 Å². The first-order valence-electron chi connectivity index (χ1n) is 10.3. The topological polar surface area (TPSA) is 113 Å². The number of urea groups is 1. The number of ether oxygens (including phenoxy) is 2. The van der Waals surface area contributed by atoms with Crippen LogP contribution in [0.2, 0.25) is 0 Å². The quantitative estimate of drug-likeness (QED) is 0.642. The van der Waals surface area contributed by atoms with Crippen LogP contribution in [0.5, 0.6) is 11.5 Å². The maximum atomic E-state index is 13.4. The van der Waals surface area contributed by atoms with E-state index in [0.717, 1.165) is 28.1 Å². The number of primary amides is 1. The van der Waals surface area contributed by atoms with Gasteiger partial charge in [0.2, 0.25) is 0 Å². The minimum absolute atomic E-state index is 0.210. The standard InChI is InChI=1S/C23H29N5O4/c1-6-14(2)15(3)26-21-13-18-17-12-20(32-5)19(31-4)11-16(17)7-9-27(18)23(30)28(21)10-8-25-22(24)29/h6,11-13H,1,7-10H2,2-5H3,(H3,24,25,29)/b15-14+,26-21?. The van der Waals surface area contributed by atoms with Crippen molar-refractivity contribution in [2.75, 3.05) is 20.8 Å². The van der Waals surface area contributed by atoms with Crippen molar-refractivity contribution in [1.29, 1.82) is 0 Å². The molecular weight excluding hydrogens is 410 g/mol. The molecule has 0 saturated carbocycles. The summed E-state index contributed by atoms with van der Waals surface area (Å²) in [4.78, 5) is 29.3. The molecule has 0 saturated heterocycles. The van der Waals surface area contributed by atoms with E-state index < -0.39 is 6.03 Å². The zero-order chi connectivity index (χ0) is 23.4. The molecule has 1 aliphatic rings. The van der Waals surface area contributed by atoms with Gasteiger partial charge in [0.25, 0.3) is 0 Å². The maximum absolute atomic E-state index is 13.4. The van der Waals surface area contributed by atoms with E-state index in [4.69, 9.17) is 20.2 Å². The first-order chi connectivity index (χ1) is 15.3. The van der Waals surface area contributed by atoms with Crippen LogP contribution in [0, 0.1) is 0 Å². The van der Waals surface area contributed by atoms with Crippen molar-refractivity contribution in [3.05, 3.63) is 63.7 Å². The molecule has 1 aromatic carbocycles. The van der Waals surface area contributed by atoms with Crippen molar-refractivity contribution in [2.24, 2.45) is 10.7 Å². The van der Waals surface area contributed by atoms with Gasteiger partial charge >= 0.3 is 11.7 Å². The number of carbonyl (C=O) groups excluding carboxylic acids is 1. The molecular formula is C23H29N5O4. The Bertz CT molecular complexity index is 1220. The normalized spacial score (nSPS) is 13.6. The van der Waals surface area contributed by atoms with Gasteiger partial charge in [-0.25, -0.2) is 14.6 Å². The van der Waals surface area contributed by atoms with Gasteiger partial charge in [-0.3, -0.25) is 9.13 Å². The maximum Gasteiger partial charge on any atom is 0.330 e. The third-order valence-corrected chi connectivity index (χ3v) is 5.58. The van der Waals surface area contributed by atoms with Gasteiger partial charge in [0.15, 0.2) is 11.5 Å². The molecule has 0 unspecified atom stereocenters. The molecule has 0 aliphatic carbocycles. The van der Waals surface area contributed by atoms with E-state index in [1.807, 2.05) is 32.0 Å². The third-order valence-electron chi connectivity index (χ3n) is 5.58. The fraction of sp³-hybridized carbons (Fsp3) is 0.348. The third kappa shape index (κ3) is 4.46. The lowest BCUT2D eigenvalue weighted by Crippen LogP contribution is -2.44. The van der Waals surface area contributed by atoms with Gasteiger partial charge in [-0.1, -0.05) is 12.7 Å². The second kappa shape index (κ2) is 9.59. The number of aromatic nitrogens is 2. The van der Waals surface area contributed by atoms with E-state index in [-0.39, 0.29) is 18.8 Å². The van der Waals surface area contributed by atoms with Crippen LogP contribution in [-0.4, -0.2) is 35.9 Å². The molecule has 2 aromatic rings. The summed E-state index contributed by atoms with van der Waals surface area (Å²) in [6.45, 7) is 8.52.